The maximum Gasteiger partial charge on any atom is 0.231 e. The van der Waals surface area contributed by atoms with Crippen LogP contribution in [0.3, 0.4) is 0 Å². The van der Waals surface area contributed by atoms with Crippen LogP contribution in [0.5, 0.6) is 0 Å². The van der Waals surface area contributed by atoms with Gasteiger partial charge in [-0.15, -0.1) is 0 Å². The number of hydrogen-bond donors (Lipinski definition) is 2. The zero-order chi connectivity index (χ0) is 16.3. The first-order chi connectivity index (χ1) is 11.1. The summed E-state index contributed by atoms with van der Waals surface area (Å²) in [5, 5.41) is 3.56. The molecule has 3 rings (SSSR count). The molecular weight excluding hydrogens is 308 g/mol. The quantitative estimate of drug-likeness (QED) is 0.894. The van der Waals surface area contributed by atoms with Crippen LogP contribution in [-0.2, 0) is 4.79 Å². The summed E-state index contributed by atoms with van der Waals surface area (Å²) < 4.78 is 0. The van der Waals surface area contributed by atoms with Gasteiger partial charge in [0.05, 0.1) is 11.5 Å². The highest BCUT2D eigenvalue weighted by Gasteiger charge is 2.32. The number of allylic oxidation sites excluding steroid dienone is 1. The van der Waals surface area contributed by atoms with E-state index in [0.29, 0.717) is 11.6 Å². The Balaban J connectivity index is 1.77. The summed E-state index contributed by atoms with van der Waals surface area (Å²) in [6.07, 6.45) is 11.1. The summed E-state index contributed by atoms with van der Waals surface area (Å²) in [6, 6.07) is 3.57. The molecule has 0 saturated heterocycles. The van der Waals surface area contributed by atoms with Crippen molar-refractivity contribution in [2.75, 3.05) is 11.1 Å². The number of carbonyl (C=O) groups is 1. The Kier molecular flexibility index (Phi) is 4.52. The molecule has 5 nitrogen and oxygen atoms in total. The van der Waals surface area contributed by atoms with E-state index in [9.17, 15) is 4.79 Å². The van der Waals surface area contributed by atoms with Crippen molar-refractivity contribution in [3.63, 3.8) is 0 Å². The van der Waals surface area contributed by atoms with Gasteiger partial charge >= 0.3 is 0 Å². The summed E-state index contributed by atoms with van der Waals surface area (Å²) in [6.45, 7) is 2.08. The third-order valence-corrected chi connectivity index (χ3v) is 4.97. The van der Waals surface area contributed by atoms with E-state index in [0.717, 1.165) is 23.4 Å². The molecule has 3 N–H and O–H groups in total. The van der Waals surface area contributed by atoms with E-state index >= 15 is 0 Å². The number of amidine groups is 1. The average Bonchev–Trinajstić information content (AvgIpc) is 2.56. The minimum atomic E-state index is -0.332. The molecule has 2 atom stereocenters. The van der Waals surface area contributed by atoms with E-state index in [-0.39, 0.29) is 17.4 Å². The number of anilines is 1. The smallest absolute Gasteiger partial charge is 0.231 e. The number of hydrogen-bond acceptors (Lipinski definition) is 5. The van der Waals surface area contributed by atoms with Crippen LogP contribution in [0.15, 0.2) is 53.3 Å². The van der Waals surface area contributed by atoms with Crippen LogP contribution in [0.2, 0.25) is 0 Å². The molecule has 0 radical (unpaired) electrons. The Morgan fingerprint density at radius 1 is 1.43 bits per heavy atom. The highest BCUT2D eigenvalue weighted by Crippen LogP contribution is 2.35. The summed E-state index contributed by atoms with van der Waals surface area (Å²) in [4.78, 5) is 21.1. The largest absolute Gasteiger partial charge is 0.379 e. The lowest BCUT2D eigenvalue weighted by Crippen LogP contribution is -2.34. The van der Waals surface area contributed by atoms with Crippen LogP contribution >= 0.6 is 11.8 Å². The van der Waals surface area contributed by atoms with Gasteiger partial charge in [-0.2, -0.15) is 0 Å². The van der Waals surface area contributed by atoms with Gasteiger partial charge in [-0.05, 0) is 37.5 Å². The van der Waals surface area contributed by atoms with Gasteiger partial charge in [0, 0.05) is 23.8 Å². The zero-order valence-electron chi connectivity index (χ0n) is 13.0. The Hall–Kier alpha value is -2.08. The van der Waals surface area contributed by atoms with Gasteiger partial charge in [-0.25, -0.2) is 0 Å². The van der Waals surface area contributed by atoms with Crippen LogP contribution in [0.4, 0.5) is 5.69 Å². The summed E-state index contributed by atoms with van der Waals surface area (Å²) in [5.74, 6) is 0.750. The van der Waals surface area contributed by atoms with Crippen molar-refractivity contribution in [1.29, 1.82) is 0 Å². The number of amides is 1. The molecular formula is C17H20N4OS. The normalized spacial score (nSPS) is 27.1. The fraction of sp³-hybridized carbons (Fsp3) is 0.353. The third kappa shape index (κ3) is 3.64. The first-order valence-corrected chi connectivity index (χ1v) is 8.63. The maximum absolute atomic E-state index is 12.5. The predicted octanol–water partition coefficient (Wildman–Crippen LogP) is 2.73. The third-order valence-electron chi connectivity index (χ3n) is 4.17. The fourth-order valence-corrected chi connectivity index (χ4v) is 3.76. The maximum atomic E-state index is 12.5. The van der Waals surface area contributed by atoms with Gasteiger partial charge in [-0.1, -0.05) is 30.0 Å². The zero-order valence-corrected chi connectivity index (χ0v) is 13.8. The molecule has 1 amide bonds. The van der Waals surface area contributed by atoms with E-state index in [4.69, 9.17) is 5.73 Å². The number of carbonyl (C=O) groups excluding carboxylic acids is 1. The number of aliphatic imine (C=N–C) groups is 1. The highest BCUT2D eigenvalue weighted by molar-refractivity contribution is 8.13. The molecule has 120 valence electrons. The first-order valence-electron chi connectivity index (χ1n) is 7.65. The molecule has 23 heavy (non-hydrogen) atoms. The number of nitrogens with two attached hydrogens (primary N) is 1. The van der Waals surface area contributed by atoms with Crippen LogP contribution in [-0.4, -0.2) is 27.4 Å². The number of nitrogens with zero attached hydrogens (tertiary/aromatic N) is 2. The Morgan fingerprint density at radius 3 is 2.96 bits per heavy atom. The average molecular weight is 328 g/mol. The highest BCUT2D eigenvalue weighted by atomic mass is 32.2. The molecule has 6 heteroatoms. The number of aromatic nitrogens is 1. The number of pyridine rings is 1. The Labute approximate surface area is 140 Å². The van der Waals surface area contributed by atoms with Gasteiger partial charge in [0.15, 0.2) is 5.17 Å². The molecule has 2 aliphatic rings. The van der Waals surface area contributed by atoms with E-state index in [1.807, 2.05) is 12.2 Å². The molecule has 0 saturated carbocycles. The number of thioether (sulfide) groups is 1. The Bertz CT molecular complexity index is 683. The fourth-order valence-electron chi connectivity index (χ4n) is 2.79. The van der Waals surface area contributed by atoms with Crippen molar-refractivity contribution in [3.05, 3.63) is 48.3 Å². The van der Waals surface area contributed by atoms with Gasteiger partial charge < -0.3 is 11.1 Å². The van der Waals surface area contributed by atoms with E-state index in [2.05, 4.69) is 28.3 Å². The molecule has 0 bridgehead atoms. The molecule has 1 aromatic heterocycles. The van der Waals surface area contributed by atoms with Crippen molar-refractivity contribution in [1.82, 2.24) is 4.98 Å². The second-order valence-corrected chi connectivity index (χ2v) is 7.03. The van der Waals surface area contributed by atoms with Crippen molar-refractivity contribution in [2.24, 2.45) is 16.6 Å². The van der Waals surface area contributed by atoms with Crippen LogP contribution in [0, 0.1) is 5.92 Å². The number of nitrogens with one attached hydrogen (secondary N) is 1. The minimum absolute atomic E-state index is 0.0104. The molecule has 0 aromatic carbocycles. The molecule has 1 aromatic rings. The van der Waals surface area contributed by atoms with Gasteiger partial charge in [-0.3, -0.25) is 14.8 Å². The predicted molar refractivity (Wildman–Crippen MR) is 95.3 cm³/mol. The minimum Gasteiger partial charge on any atom is -0.379 e. The molecule has 1 aliphatic carbocycles. The summed E-state index contributed by atoms with van der Waals surface area (Å²) >= 11 is 1.58. The molecule has 1 aliphatic heterocycles. The van der Waals surface area contributed by atoms with Crippen molar-refractivity contribution >= 4 is 28.5 Å². The summed E-state index contributed by atoms with van der Waals surface area (Å²) in [7, 11) is 0. The van der Waals surface area contributed by atoms with Crippen LogP contribution in [0.1, 0.15) is 19.8 Å². The lowest BCUT2D eigenvalue weighted by atomic mass is 9.83. The first kappa shape index (κ1) is 15.8. The molecule has 2 heterocycles. The second kappa shape index (κ2) is 6.58. The molecule has 0 spiro atoms. The van der Waals surface area contributed by atoms with Crippen molar-refractivity contribution in [2.45, 2.75) is 25.3 Å². The van der Waals surface area contributed by atoms with Gasteiger partial charge in [0.25, 0.3) is 0 Å². The van der Waals surface area contributed by atoms with E-state index in [1.54, 1.807) is 36.3 Å². The van der Waals surface area contributed by atoms with E-state index in [1.165, 1.54) is 0 Å². The standard InChI is InChI=1S/C17H20N4OS/c1-17(7-10-23-16(18)21-17)13-4-2-3-12(11-13)15(22)20-14-5-8-19-9-6-14/h2,4-6,8-9,11-12H,3,7,10H2,1H3,(H2,18,21)(H,19,20,22). The van der Waals surface area contributed by atoms with E-state index < -0.39 is 0 Å². The molecule has 2 unspecified atom stereocenters. The lowest BCUT2D eigenvalue weighted by molar-refractivity contribution is -0.118. The topological polar surface area (TPSA) is 80.4 Å². The summed E-state index contributed by atoms with van der Waals surface area (Å²) in [5.41, 5.74) is 7.39. The monoisotopic (exact) mass is 328 g/mol. The number of rotatable bonds is 3. The SMILES string of the molecule is CC1(C2=CC(C(=O)Nc3ccncc3)CC=C2)CCSC(N)=N1. The van der Waals surface area contributed by atoms with Gasteiger partial charge in [0.1, 0.15) is 0 Å². The lowest BCUT2D eigenvalue weighted by Gasteiger charge is -2.32. The van der Waals surface area contributed by atoms with Crippen LogP contribution < -0.4 is 11.1 Å². The second-order valence-electron chi connectivity index (χ2n) is 5.91. The van der Waals surface area contributed by atoms with Crippen molar-refractivity contribution < 1.29 is 4.79 Å². The van der Waals surface area contributed by atoms with Gasteiger partial charge in [0.2, 0.25) is 5.91 Å². The van der Waals surface area contributed by atoms with Crippen molar-refractivity contribution in [3.8, 4) is 0 Å². The van der Waals surface area contributed by atoms with Crippen LogP contribution in [0.25, 0.3) is 0 Å². The Morgan fingerprint density at radius 2 is 2.22 bits per heavy atom. The molecule has 0 fully saturated rings.